The SMILES string of the molecule is CSC(C)CNC(=O)c1cncc(Cl)n1. The molecular weight excluding hydrogens is 234 g/mol. The summed E-state index contributed by atoms with van der Waals surface area (Å²) < 4.78 is 0. The van der Waals surface area contributed by atoms with Gasteiger partial charge in [-0.05, 0) is 6.26 Å². The van der Waals surface area contributed by atoms with E-state index < -0.39 is 0 Å². The number of nitrogens with zero attached hydrogens (tertiary/aromatic N) is 2. The number of nitrogens with one attached hydrogen (secondary N) is 1. The summed E-state index contributed by atoms with van der Waals surface area (Å²) in [6.45, 7) is 2.64. The maximum atomic E-state index is 11.5. The summed E-state index contributed by atoms with van der Waals surface area (Å²) in [7, 11) is 0. The van der Waals surface area contributed by atoms with Gasteiger partial charge < -0.3 is 5.32 Å². The van der Waals surface area contributed by atoms with E-state index in [0.717, 1.165) is 0 Å². The highest BCUT2D eigenvalue weighted by molar-refractivity contribution is 7.99. The van der Waals surface area contributed by atoms with Crippen molar-refractivity contribution in [2.75, 3.05) is 12.8 Å². The highest BCUT2D eigenvalue weighted by atomic mass is 35.5. The molecule has 1 rings (SSSR count). The molecule has 1 aromatic rings. The predicted molar refractivity (Wildman–Crippen MR) is 62.4 cm³/mol. The van der Waals surface area contributed by atoms with Crippen LogP contribution < -0.4 is 5.32 Å². The summed E-state index contributed by atoms with van der Waals surface area (Å²) in [5, 5.41) is 3.35. The second-order valence-corrected chi connectivity index (χ2v) is 4.65. The lowest BCUT2D eigenvalue weighted by atomic mass is 10.4. The maximum absolute atomic E-state index is 11.5. The largest absolute Gasteiger partial charge is 0.350 e. The van der Waals surface area contributed by atoms with Gasteiger partial charge in [0.05, 0.1) is 12.4 Å². The smallest absolute Gasteiger partial charge is 0.271 e. The molecule has 82 valence electrons. The second-order valence-electron chi connectivity index (χ2n) is 2.98. The Labute approximate surface area is 97.8 Å². The van der Waals surface area contributed by atoms with E-state index in [-0.39, 0.29) is 16.8 Å². The Morgan fingerprint density at radius 1 is 1.67 bits per heavy atom. The molecule has 1 aromatic heterocycles. The van der Waals surface area contributed by atoms with Crippen molar-refractivity contribution >= 4 is 29.3 Å². The van der Waals surface area contributed by atoms with Crippen molar-refractivity contribution in [2.24, 2.45) is 0 Å². The number of hydrogen-bond donors (Lipinski definition) is 1. The zero-order chi connectivity index (χ0) is 11.3. The minimum Gasteiger partial charge on any atom is -0.350 e. The van der Waals surface area contributed by atoms with E-state index in [9.17, 15) is 4.79 Å². The molecule has 4 nitrogen and oxygen atoms in total. The fourth-order valence-electron chi connectivity index (χ4n) is 0.862. The van der Waals surface area contributed by atoms with Gasteiger partial charge in [-0.2, -0.15) is 11.8 Å². The molecule has 1 atom stereocenters. The van der Waals surface area contributed by atoms with Gasteiger partial charge in [0, 0.05) is 11.8 Å². The molecule has 1 heterocycles. The number of hydrogen-bond acceptors (Lipinski definition) is 4. The van der Waals surface area contributed by atoms with Crippen LogP contribution >= 0.6 is 23.4 Å². The minimum atomic E-state index is -0.245. The van der Waals surface area contributed by atoms with Crippen molar-refractivity contribution in [1.29, 1.82) is 0 Å². The van der Waals surface area contributed by atoms with Crippen LogP contribution in [0.5, 0.6) is 0 Å². The van der Waals surface area contributed by atoms with Crippen LogP contribution in [-0.2, 0) is 0 Å². The molecule has 0 saturated carbocycles. The summed E-state index contributed by atoms with van der Waals surface area (Å²) in [6.07, 6.45) is 4.78. The summed E-state index contributed by atoms with van der Waals surface area (Å²) in [6, 6.07) is 0. The summed E-state index contributed by atoms with van der Waals surface area (Å²) in [4.78, 5) is 19.2. The lowest BCUT2D eigenvalue weighted by molar-refractivity contribution is 0.0949. The Morgan fingerprint density at radius 2 is 2.40 bits per heavy atom. The first kappa shape index (κ1) is 12.3. The van der Waals surface area contributed by atoms with E-state index in [1.165, 1.54) is 12.4 Å². The van der Waals surface area contributed by atoms with Gasteiger partial charge in [0.15, 0.2) is 0 Å². The number of carbonyl (C=O) groups excluding carboxylic acids is 1. The van der Waals surface area contributed by atoms with Gasteiger partial charge in [0.25, 0.3) is 5.91 Å². The first-order valence-corrected chi connectivity index (χ1v) is 6.08. The second kappa shape index (κ2) is 5.92. The summed E-state index contributed by atoms with van der Waals surface area (Å²) in [5.41, 5.74) is 0.246. The van der Waals surface area contributed by atoms with Crippen LogP contribution in [-0.4, -0.2) is 33.9 Å². The normalized spacial score (nSPS) is 12.2. The molecule has 1 N–H and O–H groups in total. The van der Waals surface area contributed by atoms with Crippen molar-refractivity contribution in [2.45, 2.75) is 12.2 Å². The summed E-state index contributed by atoms with van der Waals surface area (Å²) >= 11 is 7.31. The molecule has 0 aliphatic heterocycles. The average Bonchev–Trinajstić information content (AvgIpc) is 2.25. The topological polar surface area (TPSA) is 54.9 Å². The van der Waals surface area contributed by atoms with Gasteiger partial charge in [-0.25, -0.2) is 4.98 Å². The Kier molecular flexibility index (Phi) is 4.84. The van der Waals surface area contributed by atoms with Crippen LogP contribution in [0, 0.1) is 0 Å². The Morgan fingerprint density at radius 3 is 3.00 bits per heavy atom. The van der Waals surface area contributed by atoms with Gasteiger partial charge in [-0.3, -0.25) is 9.78 Å². The van der Waals surface area contributed by atoms with Gasteiger partial charge in [0.2, 0.25) is 0 Å². The number of carbonyl (C=O) groups is 1. The molecule has 0 aliphatic rings. The standard InChI is InChI=1S/C9H12ClN3OS/c1-6(15-2)3-12-9(14)7-4-11-5-8(10)13-7/h4-6H,3H2,1-2H3,(H,12,14). The molecule has 0 aromatic carbocycles. The molecule has 0 bridgehead atoms. The van der Waals surface area contributed by atoms with Crippen molar-refractivity contribution in [1.82, 2.24) is 15.3 Å². The van der Waals surface area contributed by atoms with Gasteiger partial charge in [-0.1, -0.05) is 18.5 Å². The maximum Gasteiger partial charge on any atom is 0.271 e. The van der Waals surface area contributed by atoms with Crippen molar-refractivity contribution in [3.8, 4) is 0 Å². The van der Waals surface area contributed by atoms with E-state index >= 15 is 0 Å². The number of thioether (sulfide) groups is 1. The Hall–Kier alpha value is -0.810. The summed E-state index contributed by atoms with van der Waals surface area (Å²) in [5.74, 6) is -0.245. The lowest BCUT2D eigenvalue weighted by Gasteiger charge is -2.09. The molecule has 0 saturated heterocycles. The third-order valence-electron chi connectivity index (χ3n) is 1.79. The first-order valence-electron chi connectivity index (χ1n) is 4.42. The number of aromatic nitrogens is 2. The lowest BCUT2D eigenvalue weighted by Crippen LogP contribution is -2.30. The molecule has 6 heteroatoms. The van der Waals surface area contributed by atoms with Crippen molar-refractivity contribution in [3.05, 3.63) is 23.2 Å². The quantitative estimate of drug-likeness (QED) is 0.876. The fourth-order valence-corrected chi connectivity index (χ4v) is 1.26. The van der Waals surface area contributed by atoms with Crippen LogP contribution in [0.4, 0.5) is 0 Å². The number of halogens is 1. The third-order valence-corrected chi connectivity index (χ3v) is 2.94. The zero-order valence-corrected chi connectivity index (χ0v) is 10.1. The van der Waals surface area contributed by atoms with Gasteiger partial charge in [-0.15, -0.1) is 0 Å². The fraction of sp³-hybridized carbons (Fsp3) is 0.444. The van der Waals surface area contributed by atoms with Crippen LogP contribution in [0.15, 0.2) is 12.4 Å². The molecule has 15 heavy (non-hydrogen) atoms. The Balaban J connectivity index is 2.54. The van der Waals surface area contributed by atoms with Crippen LogP contribution in [0.2, 0.25) is 5.15 Å². The van der Waals surface area contributed by atoms with Crippen LogP contribution in [0.1, 0.15) is 17.4 Å². The Bertz CT molecular complexity index is 348. The van der Waals surface area contributed by atoms with E-state index in [2.05, 4.69) is 15.3 Å². The van der Waals surface area contributed by atoms with Gasteiger partial charge >= 0.3 is 0 Å². The molecule has 0 spiro atoms. The highest BCUT2D eigenvalue weighted by Crippen LogP contribution is 2.04. The molecule has 1 amide bonds. The molecule has 0 fully saturated rings. The van der Waals surface area contributed by atoms with E-state index in [1.807, 2.05) is 13.2 Å². The van der Waals surface area contributed by atoms with Crippen LogP contribution in [0.25, 0.3) is 0 Å². The van der Waals surface area contributed by atoms with Gasteiger partial charge in [0.1, 0.15) is 10.8 Å². The van der Waals surface area contributed by atoms with E-state index in [1.54, 1.807) is 11.8 Å². The average molecular weight is 246 g/mol. The third kappa shape index (κ3) is 4.05. The highest BCUT2D eigenvalue weighted by Gasteiger charge is 2.09. The van der Waals surface area contributed by atoms with E-state index in [4.69, 9.17) is 11.6 Å². The molecule has 0 radical (unpaired) electrons. The molecule has 1 unspecified atom stereocenters. The first-order chi connectivity index (χ1) is 7.13. The van der Waals surface area contributed by atoms with Crippen molar-refractivity contribution < 1.29 is 4.79 Å². The van der Waals surface area contributed by atoms with E-state index in [0.29, 0.717) is 11.8 Å². The molecular formula is C9H12ClN3OS. The zero-order valence-electron chi connectivity index (χ0n) is 8.53. The predicted octanol–water partition coefficient (Wildman–Crippen LogP) is 1.61. The van der Waals surface area contributed by atoms with Crippen LogP contribution in [0.3, 0.4) is 0 Å². The minimum absolute atomic E-state index is 0.223. The molecule has 0 aliphatic carbocycles. The number of rotatable bonds is 4. The van der Waals surface area contributed by atoms with Crippen molar-refractivity contribution in [3.63, 3.8) is 0 Å². The number of amides is 1. The monoisotopic (exact) mass is 245 g/mol.